The zero-order valence-corrected chi connectivity index (χ0v) is 12.3. The van der Waals surface area contributed by atoms with Crippen molar-refractivity contribution in [2.24, 2.45) is 5.92 Å². The van der Waals surface area contributed by atoms with E-state index in [4.69, 9.17) is 0 Å². The van der Waals surface area contributed by atoms with E-state index in [0.717, 1.165) is 30.3 Å². The normalized spacial score (nSPS) is 17.2. The lowest BCUT2D eigenvalue weighted by Gasteiger charge is -2.35. The molecule has 0 radical (unpaired) electrons. The quantitative estimate of drug-likeness (QED) is 0.897. The highest BCUT2D eigenvalue weighted by atomic mass is 16.3. The van der Waals surface area contributed by atoms with Crippen LogP contribution < -0.4 is 4.90 Å². The molecular weight excluding hydrogens is 238 g/mol. The summed E-state index contributed by atoms with van der Waals surface area (Å²) in [6, 6.07) is 2.10. The van der Waals surface area contributed by atoms with Crippen LogP contribution in [0.3, 0.4) is 0 Å². The van der Waals surface area contributed by atoms with Gasteiger partial charge in [0.15, 0.2) is 0 Å². The fourth-order valence-electron chi connectivity index (χ4n) is 2.86. The average molecular weight is 263 g/mol. The second kappa shape index (κ2) is 6.35. The van der Waals surface area contributed by atoms with Gasteiger partial charge in [0, 0.05) is 42.8 Å². The minimum absolute atomic E-state index is 0.0697. The van der Waals surface area contributed by atoms with Crippen LogP contribution in [-0.2, 0) is 6.61 Å². The van der Waals surface area contributed by atoms with Crippen molar-refractivity contribution >= 4 is 5.69 Å². The lowest BCUT2D eigenvalue weighted by Crippen LogP contribution is -2.37. The molecule has 0 spiro atoms. The van der Waals surface area contributed by atoms with Crippen LogP contribution in [0.5, 0.6) is 0 Å². The van der Waals surface area contributed by atoms with Crippen LogP contribution in [0, 0.1) is 12.8 Å². The van der Waals surface area contributed by atoms with Crippen LogP contribution in [0.25, 0.3) is 0 Å². The third kappa shape index (κ3) is 3.67. The van der Waals surface area contributed by atoms with Gasteiger partial charge in [0.2, 0.25) is 0 Å². The maximum atomic E-state index is 9.44. The Morgan fingerprint density at radius 2 is 2.05 bits per heavy atom. The van der Waals surface area contributed by atoms with E-state index in [1.54, 1.807) is 6.20 Å². The number of aliphatic hydroxyl groups is 1. The van der Waals surface area contributed by atoms with Crippen LogP contribution in [0.1, 0.15) is 24.1 Å². The summed E-state index contributed by atoms with van der Waals surface area (Å²) in [4.78, 5) is 8.94. The first-order valence-electron chi connectivity index (χ1n) is 7.06. The smallest absolute Gasteiger partial charge is 0.0717 e. The van der Waals surface area contributed by atoms with E-state index in [1.165, 1.54) is 25.1 Å². The van der Waals surface area contributed by atoms with E-state index in [2.05, 4.69) is 34.9 Å². The molecule has 1 aliphatic rings. The topological polar surface area (TPSA) is 39.6 Å². The number of nitrogens with zero attached hydrogens (tertiary/aromatic N) is 3. The zero-order chi connectivity index (χ0) is 13.8. The predicted molar refractivity (Wildman–Crippen MR) is 78.4 cm³/mol. The van der Waals surface area contributed by atoms with E-state index in [9.17, 15) is 5.11 Å². The van der Waals surface area contributed by atoms with Gasteiger partial charge in [0.05, 0.1) is 6.61 Å². The van der Waals surface area contributed by atoms with Crippen LogP contribution in [-0.4, -0.2) is 48.7 Å². The van der Waals surface area contributed by atoms with Crippen molar-refractivity contribution < 1.29 is 5.11 Å². The number of hydrogen-bond donors (Lipinski definition) is 1. The molecule has 0 aliphatic carbocycles. The molecule has 4 nitrogen and oxygen atoms in total. The van der Waals surface area contributed by atoms with Crippen LogP contribution in [0.15, 0.2) is 12.3 Å². The molecule has 0 amide bonds. The third-order valence-corrected chi connectivity index (χ3v) is 3.85. The van der Waals surface area contributed by atoms with Crippen molar-refractivity contribution in [3.63, 3.8) is 0 Å². The van der Waals surface area contributed by atoms with Crippen LogP contribution in [0.4, 0.5) is 5.69 Å². The van der Waals surface area contributed by atoms with Gasteiger partial charge < -0.3 is 14.9 Å². The largest absolute Gasteiger partial charge is 0.392 e. The number of pyridine rings is 1. The summed E-state index contributed by atoms with van der Waals surface area (Å²) in [7, 11) is 4.28. The minimum atomic E-state index is 0.0697. The Kier molecular flexibility index (Phi) is 4.77. The van der Waals surface area contributed by atoms with E-state index in [-0.39, 0.29) is 6.61 Å². The van der Waals surface area contributed by atoms with Crippen molar-refractivity contribution in [3.05, 3.63) is 23.5 Å². The van der Waals surface area contributed by atoms with E-state index < -0.39 is 0 Å². The van der Waals surface area contributed by atoms with Gasteiger partial charge in [-0.15, -0.1) is 0 Å². The minimum Gasteiger partial charge on any atom is -0.392 e. The number of aryl methyl sites for hydroxylation is 1. The van der Waals surface area contributed by atoms with E-state index in [1.807, 2.05) is 6.92 Å². The Morgan fingerprint density at radius 1 is 1.37 bits per heavy atom. The maximum absolute atomic E-state index is 9.44. The molecule has 19 heavy (non-hydrogen) atoms. The fraction of sp³-hybridized carbons (Fsp3) is 0.667. The summed E-state index contributed by atoms with van der Waals surface area (Å²) in [6.45, 7) is 5.41. The highest BCUT2D eigenvalue weighted by Gasteiger charge is 2.21. The van der Waals surface area contributed by atoms with Gasteiger partial charge in [-0.05, 0) is 45.8 Å². The summed E-state index contributed by atoms with van der Waals surface area (Å²) in [6.07, 6.45) is 4.26. The summed E-state index contributed by atoms with van der Waals surface area (Å²) in [5, 5.41) is 9.44. The number of aliphatic hydroxyl groups excluding tert-OH is 1. The lowest BCUT2D eigenvalue weighted by molar-refractivity contribution is 0.277. The molecule has 1 aromatic heterocycles. The van der Waals surface area contributed by atoms with Gasteiger partial charge in [-0.25, -0.2) is 0 Å². The van der Waals surface area contributed by atoms with E-state index >= 15 is 0 Å². The first-order chi connectivity index (χ1) is 9.10. The second-order valence-corrected chi connectivity index (χ2v) is 5.81. The van der Waals surface area contributed by atoms with Gasteiger partial charge in [-0.1, -0.05) is 0 Å². The molecule has 0 bridgehead atoms. The molecule has 0 saturated carbocycles. The number of aromatic nitrogens is 1. The van der Waals surface area contributed by atoms with Gasteiger partial charge in [-0.2, -0.15) is 0 Å². The van der Waals surface area contributed by atoms with Crippen LogP contribution in [0.2, 0.25) is 0 Å². The van der Waals surface area contributed by atoms with Gasteiger partial charge in [-0.3, -0.25) is 4.98 Å². The first-order valence-corrected chi connectivity index (χ1v) is 7.06. The monoisotopic (exact) mass is 263 g/mol. The summed E-state index contributed by atoms with van der Waals surface area (Å²) in [5.41, 5.74) is 3.12. The van der Waals surface area contributed by atoms with Crippen molar-refractivity contribution in [1.29, 1.82) is 0 Å². The number of anilines is 1. The predicted octanol–water partition coefficient (Wildman–Crippen LogP) is 1.66. The molecule has 1 N–H and O–H groups in total. The molecule has 1 aliphatic heterocycles. The fourth-order valence-corrected chi connectivity index (χ4v) is 2.86. The number of hydrogen-bond acceptors (Lipinski definition) is 4. The lowest BCUT2D eigenvalue weighted by atomic mass is 9.95. The van der Waals surface area contributed by atoms with E-state index in [0.29, 0.717) is 0 Å². The zero-order valence-electron chi connectivity index (χ0n) is 12.3. The summed E-state index contributed by atoms with van der Waals surface area (Å²) in [5.74, 6) is 0.798. The SMILES string of the molecule is Cc1cc(N2CCC(CN(C)C)CC2)c(CO)cn1. The Bertz CT molecular complexity index is 412. The molecule has 106 valence electrons. The Balaban J connectivity index is 2.03. The molecule has 0 aromatic carbocycles. The molecule has 1 aromatic rings. The van der Waals surface area contributed by atoms with Crippen molar-refractivity contribution in [3.8, 4) is 0 Å². The van der Waals surface area contributed by atoms with Gasteiger partial charge >= 0.3 is 0 Å². The van der Waals surface area contributed by atoms with Gasteiger partial charge in [0.1, 0.15) is 0 Å². The van der Waals surface area contributed by atoms with Crippen molar-refractivity contribution in [2.75, 3.05) is 38.6 Å². The maximum Gasteiger partial charge on any atom is 0.0717 e. The average Bonchev–Trinajstić information content (AvgIpc) is 2.39. The molecule has 0 unspecified atom stereocenters. The third-order valence-electron chi connectivity index (χ3n) is 3.85. The molecule has 4 heteroatoms. The summed E-state index contributed by atoms with van der Waals surface area (Å²) >= 11 is 0. The second-order valence-electron chi connectivity index (χ2n) is 5.81. The number of rotatable bonds is 4. The highest BCUT2D eigenvalue weighted by Crippen LogP contribution is 2.27. The van der Waals surface area contributed by atoms with Crippen molar-refractivity contribution in [2.45, 2.75) is 26.4 Å². The Labute approximate surface area is 116 Å². The molecule has 1 fully saturated rings. The molecule has 1 saturated heterocycles. The molecule has 0 atom stereocenters. The highest BCUT2D eigenvalue weighted by molar-refractivity contribution is 5.53. The summed E-state index contributed by atoms with van der Waals surface area (Å²) < 4.78 is 0. The number of piperidine rings is 1. The Morgan fingerprint density at radius 3 is 2.63 bits per heavy atom. The Hall–Kier alpha value is -1.13. The molecule has 2 rings (SSSR count). The first kappa shape index (κ1) is 14.3. The van der Waals surface area contributed by atoms with Crippen molar-refractivity contribution in [1.82, 2.24) is 9.88 Å². The molecular formula is C15H25N3O. The molecule has 2 heterocycles. The standard InChI is InChI=1S/C15H25N3O/c1-12-8-15(14(11-19)9-16-12)18-6-4-13(5-7-18)10-17(2)3/h8-9,13,19H,4-7,10-11H2,1-3H3. The van der Waals surface area contributed by atoms with Crippen LogP contribution >= 0.6 is 0 Å². The van der Waals surface area contributed by atoms with Gasteiger partial charge in [0.25, 0.3) is 0 Å².